The van der Waals surface area contributed by atoms with Gasteiger partial charge in [-0.05, 0) is 30.9 Å². The van der Waals surface area contributed by atoms with Gasteiger partial charge in [0.1, 0.15) is 5.75 Å². The van der Waals surface area contributed by atoms with Gasteiger partial charge in [0, 0.05) is 12.5 Å². The smallest absolute Gasteiger partial charge is 0.247 e. The minimum absolute atomic E-state index is 0.163. The van der Waals surface area contributed by atoms with Gasteiger partial charge in [-0.25, -0.2) is 0 Å². The number of thioether (sulfide) groups is 1. The van der Waals surface area contributed by atoms with E-state index in [2.05, 4.69) is 15.2 Å². The number of hydrogen-bond donors (Lipinski definition) is 0. The Hall–Kier alpha value is -3.13. The Kier molecular flexibility index (Phi) is 5.85. The molecule has 1 amide bonds. The van der Waals surface area contributed by atoms with Gasteiger partial charge in [-0.15, -0.1) is 10.2 Å². The number of hydrogen-bond acceptors (Lipinski definition) is 7. The largest absolute Gasteiger partial charge is 0.493 e. The molecule has 7 nitrogen and oxygen atoms in total. The standard InChI is InChI=1S/C22H22N4O3S/c1-4-13-28-18-12-8-6-10-16(18)21-26(14(2)27)17-11-7-5-9-15(17)19-20(29-21)23-22(30-3)25-24-19/h5-12,21H,4,13H2,1-3H3/t21-/m0/s1. The van der Waals surface area contributed by atoms with Crippen LogP contribution in [0.4, 0.5) is 5.69 Å². The number of anilines is 1. The maximum atomic E-state index is 12.8. The molecule has 1 aliphatic rings. The van der Waals surface area contributed by atoms with Crippen LogP contribution in [0.5, 0.6) is 11.6 Å². The first kappa shape index (κ1) is 20.2. The lowest BCUT2D eigenvalue weighted by Gasteiger charge is -2.30. The zero-order valence-corrected chi connectivity index (χ0v) is 17.8. The summed E-state index contributed by atoms with van der Waals surface area (Å²) >= 11 is 1.38. The van der Waals surface area contributed by atoms with E-state index in [1.165, 1.54) is 18.7 Å². The molecule has 0 saturated carbocycles. The van der Waals surface area contributed by atoms with E-state index in [0.717, 1.165) is 17.5 Å². The summed E-state index contributed by atoms with van der Waals surface area (Å²) in [7, 11) is 0. The normalized spacial score (nSPS) is 14.9. The van der Waals surface area contributed by atoms with Crippen molar-refractivity contribution < 1.29 is 14.3 Å². The Morgan fingerprint density at radius 3 is 2.70 bits per heavy atom. The van der Waals surface area contributed by atoms with Crippen LogP contribution in [0.3, 0.4) is 0 Å². The van der Waals surface area contributed by atoms with E-state index < -0.39 is 6.23 Å². The van der Waals surface area contributed by atoms with Crippen LogP contribution in [0, 0.1) is 0 Å². The van der Waals surface area contributed by atoms with E-state index in [4.69, 9.17) is 9.47 Å². The lowest BCUT2D eigenvalue weighted by Crippen LogP contribution is -2.36. The van der Waals surface area contributed by atoms with Crippen molar-refractivity contribution in [2.45, 2.75) is 31.7 Å². The third kappa shape index (κ3) is 3.70. The average Bonchev–Trinajstić information content (AvgIpc) is 2.91. The number of ether oxygens (including phenoxy) is 2. The van der Waals surface area contributed by atoms with E-state index >= 15 is 0 Å². The molecular weight excluding hydrogens is 400 g/mol. The number of aromatic nitrogens is 3. The second kappa shape index (κ2) is 8.71. The molecule has 0 saturated heterocycles. The molecule has 0 spiro atoms. The van der Waals surface area contributed by atoms with E-state index in [-0.39, 0.29) is 5.91 Å². The van der Waals surface area contributed by atoms with E-state index in [1.54, 1.807) is 4.90 Å². The number of carbonyl (C=O) groups excluding carboxylic acids is 1. The first-order chi connectivity index (χ1) is 14.6. The molecule has 0 radical (unpaired) electrons. The van der Waals surface area contributed by atoms with Gasteiger partial charge in [-0.3, -0.25) is 9.69 Å². The van der Waals surface area contributed by atoms with Gasteiger partial charge in [-0.2, -0.15) is 4.98 Å². The lowest BCUT2D eigenvalue weighted by atomic mass is 10.1. The minimum Gasteiger partial charge on any atom is -0.493 e. The van der Waals surface area contributed by atoms with Crippen LogP contribution in [0.1, 0.15) is 32.1 Å². The van der Waals surface area contributed by atoms with Gasteiger partial charge >= 0.3 is 0 Å². The van der Waals surface area contributed by atoms with Crippen molar-refractivity contribution in [2.24, 2.45) is 0 Å². The minimum atomic E-state index is -0.760. The van der Waals surface area contributed by atoms with Crippen LogP contribution in [0.15, 0.2) is 53.7 Å². The van der Waals surface area contributed by atoms with Gasteiger partial charge < -0.3 is 9.47 Å². The summed E-state index contributed by atoms with van der Waals surface area (Å²) in [4.78, 5) is 19.0. The maximum Gasteiger partial charge on any atom is 0.247 e. The molecule has 3 aromatic rings. The summed E-state index contributed by atoms with van der Waals surface area (Å²) in [5.74, 6) is 0.841. The Morgan fingerprint density at radius 1 is 1.17 bits per heavy atom. The van der Waals surface area contributed by atoms with Crippen LogP contribution in [-0.4, -0.2) is 34.0 Å². The van der Waals surface area contributed by atoms with Crippen molar-refractivity contribution >= 4 is 23.4 Å². The van der Waals surface area contributed by atoms with Crippen molar-refractivity contribution in [3.05, 3.63) is 54.1 Å². The second-order valence-electron chi connectivity index (χ2n) is 6.71. The lowest BCUT2D eigenvalue weighted by molar-refractivity contribution is -0.118. The molecule has 0 N–H and O–H groups in total. The maximum absolute atomic E-state index is 12.8. The molecule has 4 rings (SSSR count). The highest BCUT2D eigenvalue weighted by Gasteiger charge is 2.35. The average molecular weight is 423 g/mol. The predicted octanol–water partition coefficient (Wildman–Crippen LogP) is 4.49. The van der Waals surface area contributed by atoms with Crippen LogP contribution in [-0.2, 0) is 4.79 Å². The first-order valence-corrected chi connectivity index (χ1v) is 10.9. The molecule has 2 heterocycles. The molecule has 1 aliphatic heterocycles. The van der Waals surface area contributed by atoms with Crippen LogP contribution in [0.2, 0.25) is 0 Å². The van der Waals surface area contributed by atoms with Crippen molar-refractivity contribution in [3.63, 3.8) is 0 Å². The zero-order chi connectivity index (χ0) is 21.1. The predicted molar refractivity (Wildman–Crippen MR) is 116 cm³/mol. The SMILES string of the molecule is CCCOc1ccccc1[C@@H]1Oc2nc(SC)nnc2-c2ccccc2N1C(C)=O. The van der Waals surface area contributed by atoms with Crippen LogP contribution >= 0.6 is 11.8 Å². The summed E-state index contributed by atoms with van der Waals surface area (Å²) < 4.78 is 12.3. The highest BCUT2D eigenvalue weighted by molar-refractivity contribution is 7.98. The van der Waals surface area contributed by atoms with Crippen LogP contribution in [0.25, 0.3) is 11.3 Å². The monoisotopic (exact) mass is 422 g/mol. The number of rotatable bonds is 5. The molecule has 0 unspecified atom stereocenters. The third-order valence-corrected chi connectivity index (χ3v) is 5.22. The molecule has 0 aliphatic carbocycles. The summed E-state index contributed by atoms with van der Waals surface area (Å²) in [6, 6.07) is 15.1. The Morgan fingerprint density at radius 2 is 1.93 bits per heavy atom. The summed E-state index contributed by atoms with van der Waals surface area (Å²) in [6.45, 7) is 4.13. The molecule has 1 atom stereocenters. The Labute approximate surface area is 179 Å². The molecule has 0 bridgehead atoms. The fraction of sp³-hybridized carbons (Fsp3) is 0.273. The molecule has 2 aromatic carbocycles. The molecular formula is C22H22N4O3S. The Balaban J connectivity index is 1.94. The fourth-order valence-corrected chi connectivity index (χ4v) is 3.67. The number of nitrogens with zero attached hydrogens (tertiary/aromatic N) is 4. The van der Waals surface area contributed by atoms with Gasteiger partial charge in [0.05, 0.1) is 17.9 Å². The summed E-state index contributed by atoms with van der Waals surface area (Å²) in [6.07, 6.45) is 1.99. The molecule has 1 aromatic heterocycles. The van der Waals surface area contributed by atoms with Crippen molar-refractivity contribution in [1.82, 2.24) is 15.2 Å². The van der Waals surface area contributed by atoms with E-state index in [0.29, 0.717) is 34.8 Å². The zero-order valence-electron chi connectivity index (χ0n) is 17.0. The van der Waals surface area contributed by atoms with E-state index in [9.17, 15) is 4.79 Å². The highest BCUT2D eigenvalue weighted by atomic mass is 32.2. The number of amides is 1. The molecule has 0 fully saturated rings. The van der Waals surface area contributed by atoms with Gasteiger partial charge in [-0.1, -0.05) is 49.0 Å². The summed E-state index contributed by atoms with van der Waals surface area (Å²) in [5, 5.41) is 9.03. The second-order valence-corrected chi connectivity index (χ2v) is 7.49. The van der Waals surface area contributed by atoms with Crippen molar-refractivity contribution in [3.8, 4) is 22.9 Å². The van der Waals surface area contributed by atoms with Gasteiger partial charge in [0.15, 0.2) is 5.69 Å². The number of fused-ring (bicyclic) bond motifs is 3. The quantitative estimate of drug-likeness (QED) is 0.561. The van der Waals surface area contributed by atoms with E-state index in [1.807, 2.05) is 61.7 Å². The van der Waals surface area contributed by atoms with Crippen molar-refractivity contribution in [1.29, 1.82) is 0 Å². The van der Waals surface area contributed by atoms with Crippen LogP contribution < -0.4 is 14.4 Å². The number of para-hydroxylation sites is 2. The highest BCUT2D eigenvalue weighted by Crippen LogP contribution is 2.44. The van der Waals surface area contributed by atoms with Gasteiger partial charge in [0.2, 0.25) is 23.2 Å². The molecule has 30 heavy (non-hydrogen) atoms. The summed E-state index contributed by atoms with van der Waals surface area (Å²) in [5.41, 5.74) is 2.68. The first-order valence-electron chi connectivity index (χ1n) is 9.70. The third-order valence-electron chi connectivity index (χ3n) is 4.68. The van der Waals surface area contributed by atoms with Crippen molar-refractivity contribution in [2.75, 3.05) is 17.8 Å². The number of benzene rings is 2. The fourth-order valence-electron chi connectivity index (χ4n) is 3.37. The number of carbonyl (C=O) groups is 1. The molecule has 8 heteroatoms. The molecule has 154 valence electrons. The van der Waals surface area contributed by atoms with Gasteiger partial charge in [0.25, 0.3) is 0 Å². The topological polar surface area (TPSA) is 77.4 Å². The Bertz CT molecular complexity index is 1080.